The second kappa shape index (κ2) is 9.58. The van der Waals surface area contributed by atoms with E-state index in [1.807, 2.05) is 31.3 Å². The molecule has 1 heterocycles. The Bertz CT molecular complexity index is 988. The minimum absolute atomic E-state index is 0.0768. The number of halogens is 2. The van der Waals surface area contributed by atoms with Crippen molar-refractivity contribution in [3.63, 3.8) is 0 Å². The number of carbonyl (C=O) groups is 2. The monoisotopic (exact) mass is 430 g/mol. The molecule has 2 amide bonds. The minimum atomic E-state index is -0.329. The molecule has 2 aromatic carbocycles. The van der Waals surface area contributed by atoms with Crippen LogP contribution in [0.15, 0.2) is 60.9 Å². The van der Waals surface area contributed by atoms with Crippen LogP contribution in [-0.4, -0.2) is 39.6 Å². The number of aromatic nitrogens is 2. The summed E-state index contributed by atoms with van der Waals surface area (Å²) in [5.41, 5.74) is 1.81. The second-order valence-corrected chi connectivity index (χ2v) is 7.24. The molecule has 0 aliphatic rings. The van der Waals surface area contributed by atoms with Crippen LogP contribution in [0.5, 0.6) is 0 Å². The van der Waals surface area contributed by atoms with Gasteiger partial charge in [-0.05, 0) is 55.0 Å². The summed E-state index contributed by atoms with van der Waals surface area (Å²) >= 11 is 12.0. The van der Waals surface area contributed by atoms with Gasteiger partial charge < -0.3 is 10.2 Å². The van der Waals surface area contributed by atoms with Gasteiger partial charge in [-0.3, -0.25) is 9.59 Å². The molecule has 29 heavy (non-hydrogen) atoms. The summed E-state index contributed by atoms with van der Waals surface area (Å²) in [5.74, 6) is -0.541. The third-order valence-electron chi connectivity index (χ3n) is 4.20. The highest BCUT2D eigenvalue weighted by Gasteiger charge is 2.19. The molecule has 150 valence electrons. The Labute approximate surface area is 179 Å². The number of hydrogen-bond acceptors (Lipinski definition) is 3. The van der Waals surface area contributed by atoms with Gasteiger partial charge in [-0.15, -0.1) is 0 Å². The number of rotatable bonds is 7. The summed E-state index contributed by atoms with van der Waals surface area (Å²) in [6.07, 6.45) is 4.24. The molecule has 6 nitrogen and oxygen atoms in total. The Hall–Kier alpha value is -2.83. The Morgan fingerprint density at radius 2 is 1.90 bits per heavy atom. The fourth-order valence-electron chi connectivity index (χ4n) is 2.84. The van der Waals surface area contributed by atoms with E-state index in [1.54, 1.807) is 41.2 Å². The average Bonchev–Trinajstić information content (AvgIpc) is 3.24. The zero-order chi connectivity index (χ0) is 20.8. The van der Waals surface area contributed by atoms with E-state index in [4.69, 9.17) is 23.2 Å². The van der Waals surface area contributed by atoms with Gasteiger partial charge in [-0.2, -0.15) is 5.10 Å². The van der Waals surface area contributed by atoms with Crippen molar-refractivity contribution in [2.24, 2.45) is 0 Å². The maximum Gasteiger partial charge on any atom is 0.254 e. The van der Waals surface area contributed by atoms with E-state index in [0.29, 0.717) is 27.8 Å². The van der Waals surface area contributed by atoms with Crippen molar-refractivity contribution < 1.29 is 9.59 Å². The SMILES string of the molecule is CCCN(CC(=O)Nc1ccc(Cl)cc1Cl)C(=O)c1ccc(-n2cccn2)cc1. The Balaban J connectivity index is 1.69. The summed E-state index contributed by atoms with van der Waals surface area (Å²) in [5, 5.41) is 7.71. The lowest BCUT2D eigenvalue weighted by Crippen LogP contribution is -2.38. The summed E-state index contributed by atoms with van der Waals surface area (Å²) < 4.78 is 1.71. The largest absolute Gasteiger partial charge is 0.329 e. The van der Waals surface area contributed by atoms with Crippen LogP contribution in [0.3, 0.4) is 0 Å². The van der Waals surface area contributed by atoms with Crippen molar-refractivity contribution in [1.29, 1.82) is 0 Å². The molecular weight excluding hydrogens is 411 g/mol. The molecule has 8 heteroatoms. The van der Waals surface area contributed by atoms with Crippen LogP contribution in [0.4, 0.5) is 5.69 Å². The van der Waals surface area contributed by atoms with Gasteiger partial charge in [0.25, 0.3) is 5.91 Å². The zero-order valence-electron chi connectivity index (χ0n) is 15.8. The third kappa shape index (κ3) is 5.37. The van der Waals surface area contributed by atoms with Gasteiger partial charge in [0.15, 0.2) is 0 Å². The fourth-order valence-corrected chi connectivity index (χ4v) is 3.29. The van der Waals surface area contributed by atoms with Crippen LogP contribution in [0.25, 0.3) is 5.69 Å². The molecule has 0 saturated carbocycles. The molecule has 0 saturated heterocycles. The van der Waals surface area contributed by atoms with E-state index in [0.717, 1.165) is 12.1 Å². The molecule has 0 unspecified atom stereocenters. The van der Waals surface area contributed by atoms with E-state index in [1.165, 1.54) is 4.90 Å². The normalized spacial score (nSPS) is 10.6. The molecule has 1 aromatic heterocycles. The number of anilines is 1. The van der Waals surface area contributed by atoms with Crippen molar-refractivity contribution in [2.75, 3.05) is 18.4 Å². The first-order valence-corrected chi connectivity index (χ1v) is 9.87. The fraction of sp³-hybridized carbons (Fsp3) is 0.190. The van der Waals surface area contributed by atoms with E-state index in [2.05, 4.69) is 10.4 Å². The predicted molar refractivity (Wildman–Crippen MR) is 115 cm³/mol. The molecule has 0 bridgehead atoms. The third-order valence-corrected chi connectivity index (χ3v) is 4.75. The molecule has 0 aliphatic heterocycles. The number of nitrogens with zero attached hydrogens (tertiary/aromatic N) is 3. The van der Waals surface area contributed by atoms with Gasteiger partial charge in [-0.1, -0.05) is 30.1 Å². The van der Waals surface area contributed by atoms with Gasteiger partial charge in [-0.25, -0.2) is 4.68 Å². The van der Waals surface area contributed by atoms with Crippen LogP contribution in [0.2, 0.25) is 10.0 Å². The molecular formula is C21H20Cl2N4O2. The Morgan fingerprint density at radius 1 is 1.14 bits per heavy atom. The molecule has 0 fully saturated rings. The van der Waals surface area contributed by atoms with Crippen LogP contribution in [0.1, 0.15) is 23.7 Å². The Morgan fingerprint density at radius 3 is 2.52 bits per heavy atom. The van der Waals surface area contributed by atoms with Gasteiger partial charge in [0, 0.05) is 29.5 Å². The van der Waals surface area contributed by atoms with Crippen molar-refractivity contribution >= 4 is 40.7 Å². The maximum absolute atomic E-state index is 12.9. The smallest absolute Gasteiger partial charge is 0.254 e. The van der Waals surface area contributed by atoms with Gasteiger partial charge >= 0.3 is 0 Å². The Kier molecular flexibility index (Phi) is 6.90. The molecule has 0 radical (unpaired) electrons. The summed E-state index contributed by atoms with van der Waals surface area (Å²) in [7, 11) is 0. The predicted octanol–water partition coefficient (Wildman–Crippen LogP) is 4.67. The number of benzene rings is 2. The first-order valence-electron chi connectivity index (χ1n) is 9.12. The summed E-state index contributed by atoms with van der Waals surface area (Å²) in [6, 6.07) is 13.7. The lowest BCUT2D eigenvalue weighted by molar-refractivity contribution is -0.116. The first-order chi connectivity index (χ1) is 14.0. The van der Waals surface area contributed by atoms with Crippen LogP contribution >= 0.6 is 23.2 Å². The standard InChI is InChI=1S/C21H20Cl2N4O2/c1-2-11-26(14-20(28)25-19-9-6-16(22)13-18(19)23)21(29)15-4-7-17(8-5-15)27-12-3-10-24-27/h3-10,12-13H,2,11,14H2,1H3,(H,25,28). The lowest BCUT2D eigenvalue weighted by Gasteiger charge is -2.22. The lowest BCUT2D eigenvalue weighted by atomic mass is 10.1. The van der Waals surface area contributed by atoms with Gasteiger partial charge in [0.2, 0.25) is 5.91 Å². The highest BCUT2D eigenvalue weighted by Crippen LogP contribution is 2.25. The maximum atomic E-state index is 12.9. The molecule has 1 N–H and O–H groups in total. The minimum Gasteiger partial charge on any atom is -0.329 e. The van der Waals surface area contributed by atoms with Gasteiger partial charge in [0.1, 0.15) is 6.54 Å². The van der Waals surface area contributed by atoms with E-state index >= 15 is 0 Å². The van der Waals surface area contributed by atoms with Crippen molar-refractivity contribution in [1.82, 2.24) is 14.7 Å². The van der Waals surface area contributed by atoms with Crippen LogP contribution < -0.4 is 5.32 Å². The van der Waals surface area contributed by atoms with Crippen molar-refractivity contribution in [2.45, 2.75) is 13.3 Å². The zero-order valence-corrected chi connectivity index (χ0v) is 17.3. The molecule has 3 aromatic rings. The first kappa shape index (κ1) is 20.9. The van der Waals surface area contributed by atoms with E-state index < -0.39 is 0 Å². The summed E-state index contributed by atoms with van der Waals surface area (Å²) in [4.78, 5) is 26.9. The van der Waals surface area contributed by atoms with E-state index in [-0.39, 0.29) is 18.4 Å². The second-order valence-electron chi connectivity index (χ2n) is 6.40. The highest BCUT2D eigenvalue weighted by atomic mass is 35.5. The van der Waals surface area contributed by atoms with Crippen molar-refractivity contribution in [3.8, 4) is 5.69 Å². The highest BCUT2D eigenvalue weighted by molar-refractivity contribution is 6.36. The van der Waals surface area contributed by atoms with Crippen molar-refractivity contribution in [3.05, 3.63) is 76.5 Å². The average molecular weight is 431 g/mol. The molecule has 0 aliphatic carbocycles. The summed E-state index contributed by atoms with van der Waals surface area (Å²) in [6.45, 7) is 2.34. The topological polar surface area (TPSA) is 67.2 Å². The number of nitrogens with one attached hydrogen (secondary N) is 1. The number of amides is 2. The molecule has 0 atom stereocenters. The molecule has 0 spiro atoms. The van der Waals surface area contributed by atoms with Gasteiger partial charge in [0.05, 0.1) is 16.4 Å². The number of carbonyl (C=O) groups excluding carboxylic acids is 2. The molecule has 3 rings (SSSR count). The van der Waals surface area contributed by atoms with E-state index in [9.17, 15) is 9.59 Å². The quantitative estimate of drug-likeness (QED) is 0.591. The van der Waals surface area contributed by atoms with Crippen LogP contribution in [0, 0.1) is 0 Å². The number of hydrogen-bond donors (Lipinski definition) is 1. The van der Waals surface area contributed by atoms with Crippen LogP contribution in [-0.2, 0) is 4.79 Å².